The van der Waals surface area contributed by atoms with Gasteiger partial charge < -0.3 is 9.88 Å². The van der Waals surface area contributed by atoms with Crippen molar-refractivity contribution in [2.75, 3.05) is 11.4 Å². The van der Waals surface area contributed by atoms with E-state index in [9.17, 15) is 13.2 Å². The Morgan fingerprint density at radius 1 is 1.15 bits per heavy atom. The summed E-state index contributed by atoms with van der Waals surface area (Å²) in [4.78, 5) is 10.7. The molecule has 27 heavy (non-hydrogen) atoms. The van der Waals surface area contributed by atoms with Gasteiger partial charge in [0, 0.05) is 29.1 Å². The lowest BCUT2D eigenvalue weighted by atomic mass is 10.1. The molecule has 3 aromatic rings. The van der Waals surface area contributed by atoms with Gasteiger partial charge in [0.2, 0.25) is 0 Å². The first kappa shape index (κ1) is 18.0. The smallest absolute Gasteiger partial charge is 0.363 e. The van der Waals surface area contributed by atoms with Gasteiger partial charge in [-0.25, -0.2) is 4.98 Å². The first-order valence-corrected chi connectivity index (χ1v) is 9.55. The molecule has 0 radical (unpaired) electrons. The van der Waals surface area contributed by atoms with Gasteiger partial charge in [0.15, 0.2) is 0 Å². The zero-order chi connectivity index (χ0) is 18.9. The molecule has 1 unspecified atom stereocenters. The quantitative estimate of drug-likeness (QED) is 0.626. The van der Waals surface area contributed by atoms with Crippen molar-refractivity contribution in [3.63, 3.8) is 0 Å². The molecule has 1 aromatic heterocycles. The second-order valence-electron chi connectivity index (χ2n) is 6.44. The van der Waals surface area contributed by atoms with Gasteiger partial charge in [-0.15, -0.1) is 11.8 Å². The number of hydrogen-bond donors (Lipinski definition) is 1. The normalized spacial score (nSPS) is 17.4. The fourth-order valence-corrected chi connectivity index (χ4v) is 4.59. The molecule has 3 nitrogen and oxygen atoms in total. The number of alkyl halides is 3. The molecule has 2 aromatic carbocycles. The minimum absolute atomic E-state index is 0.0324. The minimum atomic E-state index is -4.32. The van der Waals surface area contributed by atoms with Crippen LogP contribution in [-0.2, 0) is 12.7 Å². The van der Waals surface area contributed by atoms with Crippen LogP contribution in [0, 0.1) is 0 Å². The van der Waals surface area contributed by atoms with E-state index in [2.05, 4.69) is 20.9 Å². The number of rotatable bonds is 3. The van der Waals surface area contributed by atoms with Crippen LogP contribution in [0.15, 0.2) is 65.8 Å². The highest BCUT2D eigenvalue weighted by atomic mass is 32.2. The van der Waals surface area contributed by atoms with E-state index < -0.39 is 11.7 Å². The highest BCUT2D eigenvalue weighted by molar-refractivity contribution is 7.99. The van der Waals surface area contributed by atoms with E-state index in [1.54, 1.807) is 30.2 Å². The van der Waals surface area contributed by atoms with Gasteiger partial charge >= 0.3 is 6.18 Å². The summed E-state index contributed by atoms with van der Waals surface area (Å²) in [6.07, 6.45) is -0.0610. The van der Waals surface area contributed by atoms with Crippen LogP contribution in [-0.4, -0.2) is 16.5 Å². The number of halogens is 3. The van der Waals surface area contributed by atoms with Crippen molar-refractivity contribution in [1.82, 2.24) is 9.97 Å². The molecule has 0 amide bonds. The summed E-state index contributed by atoms with van der Waals surface area (Å²) in [7, 11) is 0. The van der Waals surface area contributed by atoms with Gasteiger partial charge in [0.1, 0.15) is 5.82 Å². The number of imidazole rings is 1. The lowest BCUT2D eigenvalue weighted by molar-refractivity contribution is -0.137. The maximum atomic E-state index is 13.1. The predicted molar refractivity (Wildman–Crippen MR) is 101 cm³/mol. The Balaban J connectivity index is 1.64. The number of benzene rings is 2. The SMILES string of the molecule is FC(F)(F)c1cccc(C2CCN(Cc3ncc[nH]3)c3ccccc3S2)c1. The maximum Gasteiger partial charge on any atom is 0.416 e. The van der Waals surface area contributed by atoms with Crippen molar-refractivity contribution in [3.8, 4) is 0 Å². The molecule has 1 atom stereocenters. The highest BCUT2D eigenvalue weighted by Crippen LogP contribution is 2.46. The summed E-state index contributed by atoms with van der Waals surface area (Å²) >= 11 is 1.63. The third-order valence-corrected chi connectivity index (χ3v) is 6.01. The van der Waals surface area contributed by atoms with E-state index in [1.165, 1.54) is 12.1 Å². The van der Waals surface area contributed by atoms with E-state index in [1.807, 2.05) is 18.2 Å². The van der Waals surface area contributed by atoms with Crippen LogP contribution in [0.25, 0.3) is 0 Å². The van der Waals surface area contributed by atoms with Gasteiger partial charge in [-0.1, -0.05) is 30.3 Å². The molecule has 0 bridgehead atoms. The van der Waals surface area contributed by atoms with E-state index in [-0.39, 0.29) is 5.25 Å². The predicted octanol–water partition coefficient (Wildman–Crippen LogP) is 5.67. The van der Waals surface area contributed by atoms with Crippen molar-refractivity contribution in [1.29, 1.82) is 0 Å². The van der Waals surface area contributed by atoms with Crippen molar-refractivity contribution < 1.29 is 13.2 Å². The molecule has 1 aliphatic rings. The Bertz CT molecular complexity index is 909. The van der Waals surface area contributed by atoms with Crippen molar-refractivity contribution in [3.05, 3.63) is 77.9 Å². The second kappa shape index (κ2) is 7.31. The number of para-hydroxylation sites is 1. The number of anilines is 1. The number of thioether (sulfide) groups is 1. The van der Waals surface area contributed by atoms with E-state index in [0.717, 1.165) is 35.4 Å². The Morgan fingerprint density at radius 3 is 2.78 bits per heavy atom. The van der Waals surface area contributed by atoms with Crippen molar-refractivity contribution in [2.24, 2.45) is 0 Å². The molecule has 0 fully saturated rings. The average molecular weight is 389 g/mol. The molecule has 0 aliphatic carbocycles. The zero-order valence-electron chi connectivity index (χ0n) is 14.4. The van der Waals surface area contributed by atoms with E-state index in [4.69, 9.17) is 0 Å². The van der Waals surface area contributed by atoms with Crippen LogP contribution < -0.4 is 4.90 Å². The second-order valence-corrected chi connectivity index (χ2v) is 7.69. The van der Waals surface area contributed by atoms with Crippen LogP contribution in [0.4, 0.5) is 18.9 Å². The molecular formula is C20H18F3N3S. The standard InChI is InChI=1S/C20H18F3N3S/c21-20(22,23)15-5-3-4-14(12-15)17-8-11-26(13-19-24-9-10-25-19)16-6-1-2-7-18(16)27-17/h1-7,9-10,12,17H,8,11,13H2,(H,24,25). The Hall–Kier alpha value is -2.41. The lowest BCUT2D eigenvalue weighted by Crippen LogP contribution is -2.24. The lowest BCUT2D eigenvalue weighted by Gasteiger charge is -2.23. The zero-order valence-corrected chi connectivity index (χ0v) is 15.2. The molecule has 1 N–H and O–H groups in total. The first-order chi connectivity index (χ1) is 13.0. The maximum absolute atomic E-state index is 13.1. The number of hydrogen-bond acceptors (Lipinski definition) is 3. The number of aromatic nitrogens is 2. The van der Waals surface area contributed by atoms with E-state index in [0.29, 0.717) is 12.1 Å². The van der Waals surface area contributed by atoms with Crippen LogP contribution in [0.5, 0.6) is 0 Å². The monoisotopic (exact) mass is 389 g/mol. The summed E-state index contributed by atoms with van der Waals surface area (Å²) in [5, 5.41) is -0.0324. The van der Waals surface area contributed by atoms with Gasteiger partial charge in [-0.2, -0.15) is 13.2 Å². The summed E-state index contributed by atoms with van der Waals surface area (Å²) in [6.45, 7) is 1.38. The summed E-state index contributed by atoms with van der Waals surface area (Å²) in [5.41, 5.74) is 1.21. The number of nitrogens with zero attached hydrogens (tertiary/aromatic N) is 2. The van der Waals surface area contributed by atoms with Crippen molar-refractivity contribution >= 4 is 17.4 Å². The third kappa shape index (κ3) is 3.98. The number of fused-ring (bicyclic) bond motifs is 1. The molecule has 0 saturated heterocycles. The van der Waals surface area contributed by atoms with Crippen LogP contribution >= 0.6 is 11.8 Å². The van der Waals surface area contributed by atoms with Crippen LogP contribution in [0.3, 0.4) is 0 Å². The molecule has 1 aliphatic heterocycles. The van der Waals surface area contributed by atoms with Gasteiger partial charge in [0.05, 0.1) is 17.8 Å². The topological polar surface area (TPSA) is 31.9 Å². The minimum Gasteiger partial charge on any atom is -0.363 e. The van der Waals surface area contributed by atoms with Gasteiger partial charge in [0.25, 0.3) is 0 Å². The molecule has 7 heteroatoms. The van der Waals surface area contributed by atoms with Gasteiger partial charge in [-0.05, 0) is 30.2 Å². The van der Waals surface area contributed by atoms with Crippen LogP contribution in [0.1, 0.15) is 28.6 Å². The molecule has 4 rings (SSSR count). The summed E-state index contributed by atoms with van der Waals surface area (Å²) < 4.78 is 39.3. The number of H-pyrrole nitrogens is 1. The van der Waals surface area contributed by atoms with E-state index >= 15 is 0 Å². The van der Waals surface area contributed by atoms with Crippen molar-refractivity contribution in [2.45, 2.75) is 29.3 Å². The molecule has 140 valence electrons. The fourth-order valence-electron chi connectivity index (χ4n) is 3.30. The number of nitrogens with one attached hydrogen (secondary N) is 1. The largest absolute Gasteiger partial charge is 0.416 e. The first-order valence-electron chi connectivity index (χ1n) is 8.67. The molecule has 0 spiro atoms. The highest BCUT2D eigenvalue weighted by Gasteiger charge is 2.31. The Morgan fingerprint density at radius 2 is 2.00 bits per heavy atom. The molecule has 2 heterocycles. The fraction of sp³-hybridized carbons (Fsp3) is 0.250. The summed E-state index contributed by atoms with van der Waals surface area (Å²) in [5.74, 6) is 0.868. The average Bonchev–Trinajstić information content (AvgIpc) is 3.10. The number of aromatic amines is 1. The molecular weight excluding hydrogens is 371 g/mol. The Kier molecular flexibility index (Phi) is 4.86. The summed E-state index contributed by atoms with van der Waals surface area (Å²) in [6, 6.07) is 13.7. The third-order valence-electron chi connectivity index (χ3n) is 4.62. The Labute approximate surface area is 159 Å². The molecule has 0 saturated carbocycles. The van der Waals surface area contributed by atoms with Gasteiger partial charge in [-0.3, -0.25) is 0 Å². The van der Waals surface area contributed by atoms with Crippen LogP contribution in [0.2, 0.25) is 0 Å².